The van der Waals surface area contributed by atoms with Gasteiger partial charge in [-0.05, 0) is 6.07 Å². The maximum atomic E-state index is 11.9. The minimum atomic E-state index is -0.318. The Morgan fingerprint density at radius 1 is 1.44 bits per heavy atom. The van der Waals surface area contributed by atoms with E-state index in [0.29, 0.717) is 17.3 Å². The molecule has 5 nitrogen and oxygen atoms in total. The van der Waals surface area contributed by atoms with Crippen LogP contribution in [0.4, 0.5) is 0 Å². The lowest BCUT2D eigenvalue weighted by molar-refractivity contribution is 0.0953. The van der Waals surface area contributed by atoms with Crippen molar-refractivity contribution in [3.05, 3.63) is 53.0 Å². The molecular weight excluding hydrogens is 230 g/mol. The van der Waals surface area contributed by atoms with Crippen LogP contribution in [0.3, 0.4) is 0 Å². The highest BCUT2D eigenvalue weighted by Crippen LogP contribution is 2.12. The molecule has 0 fully saturated rings. The first-order valence-electron chi connectivity index (χ1n) is 5.50. The summed E-state index contributed by atoms with van der Waals surface area (Å²) in [7, 11) is 1.53. The number of nitrogens with one attached hydrogen (secondary N) is 1. The van der Waals surface area contributed by atoms with E-state index in [2.05, 4.69) is 17.0 Å². The molecule has 0 unspecified atom stereocenters. The van der Waals surface area contributed by atoms with Gasteiger partial charge in [0.2, 0.25) is 0 Å². The monoisotopic (exact) mass is 243 g/mol. The molecule has 0 spiro atoms. The smallest absolute Gasteiger partial charge is 0.274 e. The van der Waals surface area contributed by atoms with Crippen LogP contribution >= 0.6 is 0 Å². The molecule has 1 heterocycles. The van der Waals surface area contributed by atoms with E-state index in [0.717, 1.165) is 0 Å². The number of fused-ring (bicyclic) bond motifs is 1. The van der Waals surface area contributed by atoms with E-state index in [1.807, 2.05) is 0 Å². The third-order valence-electron chi connectivity index (χ3n) is 2.58. The Kier molecular flexibility index (Phi) is 3.23. The van der Waals surface area contributed by atoms with Crippen molar-refractivity contribution in [2.75, 3.05) is 6.54 Å². The van der Waals surface area contributed by atoms with Crippen molar-refractivity contribution in [3.8, 4) is 0 Å². The number of nitrogens with zero attached hydrogens (tertiary/aromatic N) is 2. The summed E-state index contributed by atoms with van der Waals surface area (Å²) in [6, 6.07) is 6.93. The summed E-state index contributed by atoms with van der Waals surface area (Å²) in [6.45, 7) is 3.89. The normalized spacial score (nSPS) is 10.3. The summed E-state index contributed by atoms with van der Waals surface area (Å²) in [6.07, 6.45) is 1.59. The number of hydrogen-bond donors (Lipinski definition) is 1. The van der Waals surface area contributed by atoms with Crippen molar-refractivity contribution in [2.45, 2.75) is 0 Å². The Hall–Kier alpha value is -2.43. The van der Waals surface area contributed by atoms with Crippen molar-refractivity contribution in [1.29, 1.82) is 0 Å². The number of rotatable bonds is 3. The SMILES string of the molecule is C=CCNC(=O)c1nn(C)c(=O)c2ccccc12. The fourth-order valence-electron chi connectivity index (χ4n) is 1.72. The molecule has 0 radical (unpaired) electrons. The van der Waals surface area contributed by atoms with Gasteiger partial charge < -0.3 is 5.32 Å². The number of benzene rings is 1. The summed E-state index contributed by atoms with van der Waals surface area (Å²) >= 11 is 0. The fourth-order valence-corrected chi connectivity index (χ4v) is 1.72. The highest BCUT2D eigenvalue weighted by atomic mass is 16.2. The Balaban J connectivity index is 2.64. The van der Waals surface area contributed by atoms with Crippen LogP contribution < -0.4 is 10.9 Å². The quantitative estimate of drug-likeness (QED) is 0.813. The molecule has 0 atom stereocenters. The highest BCUT2D eigenvalue weighted by molar-refractivity contribution is 6.04. The van der Waals surface area contributed by atoms with Crippen molar-refractivity contribution in [3.63, 3.8) is 0 Å². The minimum absolute atomic E-state index is 0.217. The first kappa shape index (κ1) is 12.0. The largest absolute Gasteiger partial charge is 0.347 e. The highest BCUT2D eigenvalue weighted by Gasteiger charge is 2.14. The third kappa shape index (κ3) is 2.02. The molecule has 1 N–H and O–H groups in total. The predicted octanol–water partition coefficient (Wildman–Crippen LogP) is 0.849. The van der Waals surface area contributed by atoms with Gasteiger partial charge in [-0.2, -0.15) is 5.10 Å². The zero-order valence-corrected chi connectivity index (χ0v) is 10.0. The second-order valence-corrected chi connectivity index (χ2v) is 3.82. The summed E-state index contributed by atoms with van der Waals surface area (Å²) in [5.74, 6) is -0.318. The lowest BCUT2D eigenvalue weighted by Gasteiger charge is -2.07. The topological polar surface area (TPSA) is 64.0 Å². The molecule has 92 valence electrons. The Morgan fingerprint density at radius 2 is 2.11 bits per heavy atom. The van der Waals surface area contributed by atoms with Crippen molar-refractivity contribution >= 4 is 16.7 Å². The van der Waals surface area contributed by atoms with Crippen LogP contribution in [-0.4, -0.2) is 22.2 Å². The van der Waals surface area contributed by atoms with Crippen LogP contribution in [0.2, 0.25) is 0 Å². The van der Waals surface area contributed by atoms with E-state index in [1.54, 1.807) is 30.3 Å². The van der Waals surface area contributed by atoms with Crippen LogP contribution in [0.15, 0.2) is 41.7 Å². The number of carbonyl (C=O) groups excluding carboxylic acids is 1. The number of carbonyl (C=O) groups is 1. The van der Waals surface area contributed by atoms with Crippen LogP contribution in [-0.2, 0) is 7.05 Å². The third-order valence-corrected chi connectivity index (χ3v) is 2.58. The zero-order valence-electron chi connectivity index (χ0n) is 10.0. The molecule has 1 aromatic carbocycles. The summed E-state index contributed by atoms with van der Waals surface area (Å²) in [5.41, 5.74) is 0.0282. The van der Waals surface area contributed by atoms with Crippen LogP contribution in [0, 0.1) is 0 Å². The standard InChI is InChI=1S/C13H13N3O2/c1-3-8-14-12(17)11-9-6-4-5-7-10(9)13(18)16(2)15-11/h3-7H,1,8H2,2H3,(H,14,17). The zero-order chi connectivity index (χ0) is 13.1. The van der Waals surface area contributed by atoms with Gasteiger partial charge in [0.1, 0.15) is 0 Å². The molecule has 0 bridgehead atoms. The molecule has 18 heavy (non-hydrogen) atoms. The second kappa shape index (κ2) is 4.83. The molecule has 2 aromatic rings. The molecule has 1 amide bonds. The van der Waals surface area contributed by atoms with Crippen LogP contribution in [0.5, 0.6) is 0 Å². The Morgan fingerprint density at radius 3 is 2.78 bits per heavy atom. The van der Waals surface area contributed by atoms with Crippen molar-refractivity contribution < 1.29 is 4.79 Å². The van der Waals surface area contributed by atoms with Gasteiger partial charge in [0, 0.05) is 19.0 Å². The fraction of sp³-hybridized carbons (Fsp3) is 0.154. The summed E-state index contributed by atoms with van der Waals surface area (Å²) in [5, 5.41) is 7.71. The molecular formula is C13H13N3O2. The molecule has 0 saturated heterocycles. The minimum Gasteiger partial charge on any atom is -0.347 e. The summed E-state index contributed by atoms with van der Waals surface area (Å²) < 4.78 is 1.17. The van der Waals surface area contributed by atoms with Gasteiger partial charge in [-0.1, -0.05) is 24.3 Å². The van der Waals surface area contributed by atoms with Crippen LogP contribution in [0.25, 0.3) is 10.8 Å². The molecule has 2 rings (SSSR count). The second-order valence-electron chi connectivity index (χ2n) is 3.82. The van der Waals surface area contributed by atoms with E-state index in [9.17, 15) is 9.59 Å². The maximum Gasteiger partial charge on any atom is 0.274 e. The molecule has 0 aliphatic heterocycles. The first-order valence-corrected chi connectivity index (χ1v) is 5.50. The van der Waals surface area contributed by atoms with Crippen LogP contribution in [0.1, 0.15) is 10.5 Å². The van der Waals surface area contributed by atoms with Gasteiger partial charge in [-0.3, -0.25) is 9.59 Å². The lowest BCUT2D eigenvalue weighted by atomic mass is 10.1. The molecule has 1 aromatic heterocycles. The number of aromatic nitrogens is 2. The van der Waals surface area contributed by atoms with E-state index < -0.39 is 0 Å². The number of amides is 1. The summed E-state index contributed by atoms with van der Waals surface area (Å²) in [4.78, 5) is 23.8. The predicted molar refractivity (Wildman–Crippen MR) is 69.5 cm³/mol. The average molecular weight is 243 g/mol. The average Bonchev–Trinajstić information content (AvgIpc) is 2.40. The number of hydrogen-bond acceptors (Lipinski definition) is 3. The molecule has 0 aliphatic carbocycles. The van der Waals surface area contributed by atoms with Gasteiger partial charge in [0.05, 0.1) is 5.39 Å². The van der Waals surface area contributed by atoms with Gasteiger partial charge in [0.15, 0.2) is 5.69 Å². The first-order chi connectivity index (χ1) is 8.65. The van der Waals surface area contributed by atoms with Gasteiger partial charge in [-0.25, -0.2) is 4.68 Å². The molecule has 0 aliphatic rings. The van der Waals surface area contributed by atoms with E-state index in [1.165, 1.54) is 11.7 Å². The lowest BCUT2D eigenvalue weighted by Crippen LogP contribution is -2.29. The van der Waals surface area contributed by atoms with Gasteiger partial charge >= 0.3 is 0 Å². The van der Waals surface area contributed by atoms with Crippen molar-refractivity contribution in [1.82, 2.24) is 15.1 Å². The maximum absolute atomic E-state index is 11.9. The Labute approximate surface area is 104 Å². The van der Waals surface area contributed by atoms with Crippen molar-refractivity contribution in [2.24, 2.45) is 7.05 Å². The molecule has 0 saturated carbocycles. The molecule has 5 heteroatoms. The van der Waals surface area contributed by atoms with E-state index in [4.69, 9.17) is 0 Å². The van der Waals surface area contributed by atoms with E-state index in [-0.39, 0.29) is 17.2 Å². The Bertz CT molecular complexity index is 673. The number of aryl methyl sites for hydroxylation is 1. The van der Waals surface area contributed by atoms with Gasteiger partial charge in [-0.15, -0.1) is 6.58 Å². The van der Waals surface area contributed by atoms with Gasteiger partial charge in [0.25, 0.3) is 11.5 Å². The van der Waals surface area contributed by atoms with E-state index >= 15 is 0 Å².